The summed E-state index contributed by atoms with van der Waals surface area (Å²) in [4.78, 5) is 49.5. The Balaban J connectivity index is -0.0000000245. The van der Waals surface area contributed by atoms with Crippen LogP contribution in [0, 0.1) is 91.9 Å². The molecule has 0 amide bonds. The Bertz CT molecular complexity index is 263. The summed E-state index contributed by atoms with van der Waals surface area (Å²) in [6, 6.07) is 0. The molecule has 0 radical (unpaired) electrons. The summed E-state index contributed by atoms with van der Waals surface area (Å²) in [6.07, 6.45) is 0. The third kappa shape index (κ3) is 1430. The molecule has 0 spiro atoms. The quantitative estimate of drug-likeness (QED) is 0.180. The molecule has 0 heterocycles. The first-order valence-electron chi connectivity index (χ1n) is 3.29. The maximum Gasteiger partial charge on any atom is 4.00 e. The van der Waals surface area contributed by atoms with E-state index in [0.717, 1.165) is 0 Å². The molecule has 0 rings (SSSR count). The van der Waals surface area contributed by atoms with E-state index in [2.05, 4.69) is 0 Å². The van der Waals surface area contributed by atoms with Gasteiger partial charge in [-0.1, -0.05) is 0 Å². The van der Waals surface area contributed by atoms with Crippen molar-refractivity contribution in [3.05, 3.63) is 91.9 Å². The first-order chi connectivity index (χ1) is 10.4. The van der Waals surface area contributed by atoms with E-state index in [1.807, 2.05) is 0 Å². The predicted molar refractivity (Wildman–Crippen MR) is 67.9 cm³/mol. The molecule has 0 saturated carbocycles. The molecule has 0 aromatic heterocycles. The van der Waals surface area contributed by atoms with E-state index in [9.17, 15) is 0 Å². The molecule has 26 heavy (non-hydrogen) atoms. The second kappa shape index (κ2) is 43.3. The summed E-state index contributed by atoms with van der Waals surface area (Å²) in [5, 5.41) is 88.5. The molecule has 0 bridgehead atoms. The van der Waals surface area contributed by atoms with Gasteiger partial charge in [-0.15, -0.1) is 0 Å². The minimum atomic E-state index is -1.75. The Hall–Kier alpha value is -2.51. The monoisotopic (exact) mass is 558 g/mol. The number of nitrogens with zero attached hydrogens (tertiary/aromatic N) is 6. The Morgan fingerprint density at radius 3 is 0.308 bits per heavy atom. The zero-order chi connectivity index (χ0) is 21.5. The average molecular weight is 557 g/mol. The second-order valence-electron chi connectivity index (χ2n) is 1.34. The Morgan fingerprint density at radius 1 is 0.308 bits per heavy atom. The van der Waals surface area contributed by atoms with Crippen molar-refractivity contribution in [3.8, 4) is 0 Å². The molecule has 0 aliphatic carbocycles. The smallest absolute Gasteiger partial charge is 0.356 e. The predicted octanol–water partition coefficient (Wildman–Crippen LogP) is -1.82. The van der Waals surface area contributed by atoms with E-state index in [-0.39, 0.29) is 70.6 Å². The maximum absolute atomic E-state index is 8.25. The van der Waals surface area contributed by atoms with Crippen LogP contribution in [0.4, 0.5) is 0 Å². The van der Waals surface area contributed by atoms with E-state index in [0.29, 0.717) is 0 Å². The van der Waals surface area contributed by atoms with E-state index in [4.69, 9.17) is 91.9 Å². The van der Waals surface area contributed by atoms with Gasteiger partial charge in [0.15, 0.2) is 0 Å². The molecule has 0 fully saturated rings. The molecule has 0 aromatic carbocycles. The molecule has 0 unspecified atom stereocenters. The summed E-state index contributed by atoms with van der Waals surface area (Å²) in [5.41, 5.74) is 0. The van der Waals surface area contributed by atoms with Gasteiger partial charge >= 0.3 is 70.6 Å². The molecule has 24 nitrogen and oxygen atoms in total. The van der Waals surface area contributed by atoms with Crippen LogP contribution in [0.5, 0.6) is 0 Å². The van der Waals surface area contributed by atoms with Gasteiger partial charge < -0.3 is 91.9 Å². The Labute approximate surface area is 191 Å². The van der Waals surface area contributed by atoms with Crippen molar-refractivity contribution in [2.45, 2.75) is 0 Å². The molecule has 0 atom stereocenters. The van der Waals surface area contributed by atoms with Gasteiger partial charge in [0.05, 0.1) is 30.5 Å². The summed E-state index contributed by atoms with van der Waals surface area (Å²) in [5.74, 6) is 0. The van der Waals surface area contributed by atoms with Crippen molar-refractivity contribution in [3.63, 3.8) is 0 Å². The van der Waals surface area contributed by atoms with Crippen molar-refractivity contribution >= 4 is 48.9 Å². The summed E-state index contributed by atoms with van der Waals surface area (Å²) >= 11 is 0. The van der Waals surface area contributed by atoms with Crippen molar-refractivity contribution in [2.24, 2.45) is 0 Å². The van der Waals surface area contributed by atoms with Gasteiger partial charge in [0.2, 0.25) is 0 Å². The van der Waals surface area contributed by atoms with Gasteiger partial charge in [-0.3, -0.25) is 0 Å². The first kappa shape index (κ1) is 49.5. The molecule has 0 aliphatic heterocycles. The van der Waals surface area contributed by atoms with E-state index >= 15 is 0 Å². The third-order valence-electron chi connectivity index (χ3n) is 0. The second-order valence-corrected chi connectivity index (χ2v) is 1.34. The minimum absolute atomic E-state index is 0. The largest absolute Gasteiger partial charge is 4.00 e. The number of hydrogen-bond acceptors (Lipinski definition) is 18. The van der Waals surface area contributed by atoms with Gasteiger partial charge in [0, 0.05) is 0 Å². The molecular formula is BaN6O18Ti. The Kier molecular flexibility index (Phi) is 82.4. The van der Waals surface area contributed by atoms with Crippen LogP contribution < -0.4 is 0 Å². The first-order valence-corrected chi connectivity index (χ1v) is 3.29. The maximum atomic E-state index is 8.25. The van der Waals surface area contributed by atoms with Gasteiger partial charge in [-0.05, 0) is 0 Å². The zero-order valence-corrected chi connectivity index (χ0v) is 17.2. The van der Waals surface area contributed by atoms with Crippen molar-refractivity contribution in [1.29, 1.82) is 0 Å². The molecule has 144 valence electrons. The van der Waals surface area contributed by atoms with Gasteiger partial charge in [-0.2, -0.15) is 0 Å². The van der Waals surface area contributed by atoms with Crippen LogP contribution in [-0.4, -0.2) is 79.4 Å². The number of hydrogen-bond donors (Lipinski definition) is 0. The van der Waals surface area contributed by atoms with Crippen LogP contribution in [0.15, 0.2) is 0 Å². The van der Waals surface area contributed by atoms with Crippen LogP contribution in [0.1, 0.15) is 0 Å². The average Bonchev–Trinajstić information content (AvgIpc) is 2.08. The molecule has 0 saturated heterocycles. The van der Waals surface area contributed by atoms with Crippen LogP contribution in [0.3, 0.4) is 0 Å². The standard InChI is InChI=1S/Ba.6NO3.Ti/c;6*2-1(3)4;/q+2;6*-1;+4. The summed E-state index contributed by atoms with van der Waals surface area (Å²) in [6.45, 7) is 0. The summed E-state index contributed by atoms with van der Waals surface area (Å²) < 4.78 is 0. The van der Waals surface area contributed by atoms with Crippen LogP contribution in [0.2, 0.25) is 0 Å². The number of rotatable bonds is 0. The van der Waals surface area contributed by atoms with Gasteiger partial charge in [-0.25, -0.2) is 0 Å². The topological polar surface area (TPSA) is 397 Å². The van der Waals surface area contributed by atoms with Crippen LogP contribution >= 0.6 is 0 Å². The van der Waals surface area contributed by atoms with Gasteiger partial charge in [0.25, 0.3) is 0 Å². The van der Waals surface area contributed by atoms with Crippen molar-refractivity contribution < 1.29 is 52.2 Å². The molecular weight excluding hydrogens is 557 g/mol. The molecule has 0 aromatic rings. The molecule has 26 heteroatoms. The van der Waals surface area contributed by atoms with E-state index in [1.165, 1.54) is 0 Å². The van der Waals surface area contributed by atoms with Gasteiger partial charge in [0.1, 0.15) is 0 Å². The third-order valence-corrected chi connectivity index (χ3v) is 0. The normalized spacial score (nSPS) is 5.54. The van der Waals surface area contributed by atoms with Crippen LogP contribution in [-0.2, 0) is 21.7 Å². The van der Waals surface area contributed by atoms with Crippen molar-refractivity contribution in [2.75, 3.05) is 0 Å². The molecule has 0 N–H and O–H groups in total. The van der Waals surface area contributed by atoms with Crippen molar-refractivity contribution in [1.82, 2.24) is 0 Å². The SMILES string of the molecule is O=[N+]([O-])[O-].O=[N+]([O-])[O-].O=[N+]([O-])[O-].O=[N+]([O-])[O-].O=[N+]([O-])[O-].O=[N+]([O-])[O-].[Ba+2].[Ti+4]. The van der Waals surface area contributed by atoms with E-state index in [1.54, 1.807) is 0 Å². The summed E-state index contributed by atoms with van der Waals surface area (Å²) in [7, 11) is 0. The fourth-order valence-electron chi connectivity index (χ4n) is 0. The van der Waals surface area contributed by atoms with E-state index < -0.39 is 30.5 Å². The zero-order valence-electron chi connectivity index (χ0n) is 11.2. The van der Waals surface area contributed by atoms with Crippen LogP contribution in [0.25, 0.3) is 0 Å². The minimum Gasteiger partial charge on any atom is -0.356 e. The fourth-order valence-corrected chi connectivity index (χ4v) is 0. The fraction of sp³-hybridized carbons (Fsp3) is 0. The molecule has 0 aliphatic rings. The Morgan fingerprint density at radius 2 is 0.308 bits per heavy atom.